The molecular weight excluding hydrogens is 455 g/mol. The molecule has 0 unspecified atom stereocenters. The first-order valence-corrected chi connectivity index (χ1v) is 9.01. The van der Waals surface area contributed by atoms with Crippen LogP contribution >= 0.6 is 27.5 Å². The van der Waals surface area contributed by atoms with Crippen LogP contribution in [0.15, 0.2) is 64.4 Å². The molecule has 7 nitrogen and oxygen atoms in total. The van der Waals surface area contributed by atoms with Crippen LogP contribution in [-0.4, -0.2) is 21.6 Å². The number of carbonyl (C=O) groups is 1. The van der Waals surface area contributed by atoms with Crippen LogP contribution in [0.5, 0.6) is 5.75 Å². The van der Waals surface area contributed by atoms with E-state index in [1.807, 2.05) is 0 Å². The predicted molar refractivity (Wildman–Crippen MR) is 105 cm³/mol. The predicted octanol–water partition coefficient (Wildman–Crippen LogP) is 3.95. The minimum absolute atomic E-state index is 0.0150. The first-order chi connectivity index (χ1) is 13.4. The van der Waals surface area contributed by atoms with Crippen molar-refractivity contribution >= 4 is 39.3 Å². The molecule has 0 aliphatic carbocycles. The number of hydrogen-bond acceptors (Lipinski definition) is 5. The summed E-state index contributed by atoms with van der Waals surface area (Å²) in [5.41, 5.74) is 6.13. The Morgan fingerprint density at radius 2 is 2.00 bits per heavy atom. The second kappa shape index (κ2) is 8.85. The minimum atomic E-state index is -0.800. The number of carbonyl (C=O) groups excluding carboxylic acids is 1. The van der Waals surface area contributed by atoms with E-state index >= 15 is 0 Å². The molecular formula is C18H13BrClFN4O3. The SMILES string of the molecule is N/C(=N\OC(=O)c1ccn(COc2ccc(Br)cc2Cl)n1)c1ccc(F)cc1. The Balaban J connectivity index is 1.59. The van der Waals surface area contributed by atoms with E-state index in [0.29, 0.717) is 16.3 Å². The van der Waals surface area contributed by atoms with Gasteiger partial charge in [0.05, 0.1) is 5.02 Å². The topological polar surface area (TPSA) is 91.7 Å². The zero-order valence-corrected chi connectivity index (χ0v) is 16.5. The highest BCUT2D eigenvalue weighted by Crippen LogP contribution is 2.27. The van der Waals surface area contributed by atoms with Gasteiger partial charge in [-0.05, 0) is 48.5 Å². The first-order valence-electron chi connectivity index (χ1n) is 7.84. The van der Waals surface area contributed by atoms with Crippen molar-refractivity contribution in [2.75, 3.05) is 0 Å². The number of benzene rings is 2. The lowest BCUT2D eigenvalue weighted by Gasteiger charge is -2.08. The molecule has 0 atom stereocenters. The van der Waals surface area contributed by atoms with E-state index in [-0.39, 0.29) is 18.3 Å². The summed E-state index contributed by atoms with van der Waals surface area (Å²) >= 11 is 9.38. The number of hydrogen-bond donors (Lipinski definition) is 1. The van der Waals surface area contributed by atoms with Crippen molar-refractivity contribution in [1.29, 1.82) is 0 Å². The Hall–Kier alpha value is -2.91. The molecule has 0 aliphatic rings. The maximum Gasteiger partial charge on any atom is 0.385 e. The molecule has 0 spiro atoms. The molecule has 2 aromatic carbocycles. The fraction of sp³-hybridized carbons (Fsp3) is 0.0556. The normalized spacial score (nSPS) is 11.3. The third kappa shape index (κ3) is 5.08. The second-order valence-corrected chi connectivity index (χ2v) is 6.77. The van der Waals surface area contributed by atoms with E-state index in [1.165, 1.54) is 41.2 Å². The van der Waals surface area contributed by atoms with Gasteiger partial charge in [-0.3, -0.25) is 0 Å². The molecule has 0 fully saturated rings. The summed E-state index contributed by atoms with van der Waals surface area (Å²) < 4.78 is 20.7. The number of amidine groups is 1. The van der Waals surface area contributed by atoms with Crippen molar-refractivity contribution in [3.05, 3.63) is 81.3 Å². The summed E-state index contributed by atoms with van der Waals surface area (Å²) in [7, 11) is 0. The van der Waals surface area contributed by atoms with Crippen LogP contribution in [0.1, 0.15) is 16.1 Å². The van der Waals surface area contributed by atoms with Gasteiger partial charge < -0.3 is 15.3 Å². The van der Waals surface area contributed by atoms with E-state index in [1.54, 1.807) is 18.2 Å². The molecule has 0 saturated heterocycles. The van der Waals surface area contributed by atoms with Crippen molar-refractivity contribution in [3.8, 4) is 5.75 Å². The molecule has 144 valence electrons. The number of rotatable bonds is 6. The van der Waals surface area contributed by atoms with Crippen LogP contribution in [0, 0.1) is 5.82 Å². The average molecular weight is 468 g/mol. The second-order valence-electron chi connectivity index (χ2n) is 5.45. The van der Waals surface area contributed by atoms with E-state index in [0.717, 1.165) is 4.47 Å². The molecule has 3 rings (SSSR count). The standard InChI is InChI=1S/C18H13BrClFN4O3/c19-12-3-6-16(14(20)9-12)27-10-25-8-7-15(23-25)18(26)28-24-17(22)11-1-4-13(21)5-2-11/h1-9H,10H2,(H2,22,24). The Morgan fingerprint density at radius 3 is 2.71 bits per heavy atom. The highest BCUT2D eigenvalue weighted by molar-refractivity contribution is 9.10. The van der Waals surface area contributed by atoms with E-state index in [4.69, 9.17) is 26.9 Å². The molecule has 0 saturated carbocycles. The van der Waals surface area contributed by atoms with Crippen LogP contribution < -0.4 is 10.5 Å². The van der Waals surface area contributed by atoms with Crippen molar-refractivity contribution in [3.63, 3.8) is 0 Å². The van der Waals surface area contributed by atoms with Gasteiger partial charge in [0.1, 0.15) is 11.6 Å². The largest absolute Gasteiger partial charge is 0.470 e. The van der Waals surface area contributed by atoms with Crippen molar-refractivity contribution in [1.82, 2.24) is 9.78 Å². The highest BCUT2D eigenvalue weighted by atomic mass is 79.9. The summed E-state index contributed by atoms with van der Waals surface area (Å²) in [5.74, 6) is -0.807. The number of nitrogens with two attached hydrogens (primary N) is 1. The van der Waals surface area contributed by atoms with Crippen LogP contribution in [0.2, 0.25) is 5.02 Å². The Kier molecular flexibility index (Phi) is 6.27. The zero-order chi connectivity index (χ0) is 20.1. The smallest absolute Gasteiger partial charge is 0.385 e. The lowest BCUT2D eigenvalue weighted by molar-refractivity contribution is 0.0507. The molecule has 0 aliphatic heterocycles. The number of ether oxygens (including phenoxy) is 1. The fourth-order valence-corrected chi connectivity index (χ4v) is 2.81. The lowest BCUT2D eigenvalue weighted by Crippen LogP contribution is -2.15. The number of nitrogens with zero attached hydrogens (tertiary/aromatic N) is 3. The first kappa shape index (κ1) is 19.8. The van der Waals surface area contributed by atoms with E-state index in [2.05, 4.69) is 26.2 Å². The summed E-state index contributed by atoms with van der Waals surface area (Å²) in [5, 5.41) is 8.02. The van der Waals surface area contributed by atoms with E-state index in [9.17, 15) is 9.18 Å². The monoisotopic (exact) mass is 466 g/mol. The molecule has 1 aromatic heterocycles. The third-order valence-electron chi connectivity index (χ3n) is 3.46. The maximum atomic E-state index is 12.9. The molecule has 10 heteroatoms. The summed E-state index contributed by atoms with van der Waals surface area (Å²) in [4.78, 5) is 16.8. The third-order valence-corrected chi connectivity index (χ3v) is 4.25. The van der Waals surface area contributed by atoms with Crippen LogP contribution in [0.3, 0.4) is 0 Å². The van der Waals surface area contributed by atoms with Gasteiger partial charge in [-0.1, -0.05) is 32.7 Å². The summed E-state index contributed by atoms with van der Waals surface area (Å²) in [6, 6.07) is 11.9. The maximum absolute atomic E-state index is 12.9. The van der Waals surface area contributed by atoms with Crippen molar-refractivity contribution in [2.24, 2.45) is 10.9 Å². The molecule has 2 N–H and O–H groups in total. The highest BCUT2D eigenvalue weighted by Gasteiger charge is 2.13. The minimum Gasteiger partial charge on any atom is -0.470 e. The summed E-state index contributed by atoms with van der Waals surface area (Å²) in [6.07, 6.45) is 1.54. The molecule has 1 heterocycles. The number of aromatic nitrogens is 2. The van der Waals surface area contributed by atoms with Gasteiger partial charge in [0, 0.05) is 16.2 Å². The fourth-order valence-electron chi connectivity index (χ4n) is 2.08. The molecule has 3 aromatic rings. The lowest BCUT2D eigenvalue weighted by atomic mass is 10.2. The number of halogens is 3. The van der Waals surface area contributed by atoms with Gasteiger partial charge >= 0.3 is 5.97 Å². The van der Waals surface area contributed by atoms with Crippen molar-refractivity contribution < 1.29 is 18.8 Å². The van der Waals surface area contributed by atoms with Gasteiger partial charge in [-0.2, -0.15) is 5.10 Å². The average Bonchev–Trinajstić information content (AvgIpc) is 3.15. The molecule has 28 heavy (non-hydrogen) atoms. The van der Waals surface area contributed by atoms with E-state index < -0.39 is 11.8 Å². The Morgan fingerprint density at radius 1 is 1.25 bits per heavy atom. The molecule has 0 bridgehead atoms. The quantitative estimate of drug-likeness (QED) is 0.256. The zero-order valence-electron chi connectivity index (χ0n) is 14.2. The Bertz CT molecular complexity index is 1020. The van der Waals surface area contributed by atoms with Crippen molar-refractivity contribution in [2.45, 2.75) is 6.73 Å². The summed E-state index contributed by atoms with van der Waals surface area (Å²) in [6.45, 7) is 0.0373. The van der Waals surface area contributed by atoms with Gasteiger partial charge in [0.25, 0.3) is 0 Å². The van der Waals surface area contributed by atoms with Crippen LogP contribution in [0.4, 0.5) is 4.39 Å². The Labute approximate surface area is 172 Å². The van der Waals surface area contributed by atoms with Gasteiger partial charge in [0.2, 0.25) is 0 Å². The van der Waals surface area contributed by atoms with Crippen LogP contribution in [-0.2, 0) is 11.6 Å². The van der Waals surface area contributed by atoms with Gasteiger partial charge in [-0.25, -0.2) is 13.9 Å². The molecule has 0 radical (unpaired) electrons. The number of oxime groups is 1. The van der Waals surface area contributed by atoms with Gasteiger partial charge in [-0.15, -0.1) is 0 Å². The molecule has 0 amide bonds. The van der Waals surface area contributed by atoms with Gasteiger partial charge in [0.15, 0.2) is 18.3 Å². The van der Waals surface area contributed by atoms with Crippen LogP contribution in [0.25, 0.3) is 0 Å².